The third kappa shape index (κ3) is 8.44. The average molecular weight is 876 g/mol. The second-order valence-electron chi connectivity index (χ2n) is 16.7. The van der Waals surface area contributed by atoms with E-state index in [1.54, 1.807) is 0 Å². The van der Waals surface area contributed by atoms with E-state index >= 15 is 0 Å². The Morgan fingerprint density at radius 3 is 1.05 bits per heavy atom. The van der Waals surface area contributed by atoms with Crippen LogP contribution in [0.1, 0.15) is 67.0 Å². The third-order valence-electron chi connectivity index (χ3n) is 9.38. The first kappa shape index (κ1) is 44.7. The molecule has 2 aromatic carbocycles. The Kier molecular flexibility index (Phi) is 12.7. The minimum absolute atomic E-state index is 0. The SMILES string of the molecule is CC(C)Oc1ccc(OC(C)C)c2c1-c1nc-2nc2[n-]c(nc3nc(nc4[n-]c(n1)c(N(C)C)c4N(C)C)C(N(C)C)=C3N(C)C)c1c(OC(C)C)ccc(OC(C)C)c21.[Ni+2]. The Morgan fingerprint density at radius 1 is 0.393 bits per heavy atom. The molecule has 16 nitrogen and oxygen atoms in total. The van der Waals surface area contributed by atoms with Gasteiger partial charge in [-0.15, -0.1) is 0 Å². The van der Waals surface area contributed by atoms with E-state index in [1.807, 2.05) is 156 Å². The molecule has 0 atom stereocenters. The van der Waals surface area contributed by atoms with Crippen molar-refractivity contribution < 1.29 is 35.4 Å². The third-order valence-corrected chi connectivity index (χ3v) is 9.38. The van der Waals surface area contributed by atoms with Crippen molar-refractivity contribution in [2.24, 2.45) is 0 Å². The maximum absolute atomic E-state index is 6.48. The molecule has 8 bridgehead atoms. The predicted octanol–water partition coefficient (Wildman–Crippen LogP) is 6.87. The van der Waals surface area contributed by atoms with Gasteiger partial charge in [-0.25, -0.2) is 9.97 Å². The van der Waals surface area contributed by atoms with Gasteiger partial charge in [0.15, 0.2) is 0 Å². The van der Waals surface area contributed by atoms with Gasteiger partial charge in [-0.3, -0.25) is 0 Å². The monoisotopic (exact) mass is 874 g/mol. The minimum atomic E-state index is -0.163. The van der Waals surface area contributed by atoms with Crippen molar-refractivity contribution in [1.82, 2.24) is 49.7 Å². The smallest absolute Gasteiger partial charge is 0.490 e. The first-order valence-corrected chi connectivity index (χ1v) is 20.2. The summed E-state index contributed by atoms with van der Waals surface area (Å²) in [6.45, 7) is 15.8. The van der Waals surface area contributed by atoms with Crippen molar-refractivity contribution in [2.45, 2.75) is 79.8 Å². The number of nitrogens with zero attached hydrogens (tertiary/aromatic N) is 12. The van der Waals surface area contributed by atoms with E-state index in [-0.39, 0.29) is 40.9 Å². The van der Waals surface area contributed by atoms with Gasteiger partial charge in [-0.2, -0.15) is 0 Å². The van der Waals surface area contributed by atoms with Crippen molar-refractivity contribution in [3.8, 4) is 45.8 Å². The van der Waals surface area contributed by atoms with Crippen LogP contribution in [0.3, 0.4) is 0 Å². The molecule has 0 radical (unpaired) electrons. The zero-order valence-corrected chi connectivity index (χ0v) is 38.9. The Morgan fingerprint density at radius 2 is 0.689 bits per heavy atom. The number of aromatic nitrogens is 8. The van der Waals surface area contributed by atoms with Crippen molar-refractivity contribution in [2.75, 3.05) is 66.2 Å². The number of ether oxygens (including phenoxy) is 4. The molecule has 0 amide bonds. The van der Waals surface area contributed by atoms with Crippen LogP contribution in [-0.4, -0.2) is 121 Å². The van der Waals surface area contributed by atoms with Crippen LogP contribution in [0.4, 0.5) is 11.4 Å². The summed E-state index contributed by atoms with van der Waals surface area (Å²) in [6, 6.07) is 7.57. The Labute approximate surface area is 367 Å². The zero-order valence-electron chi connectivity index (χ0n) is 37.9. The molecule has 5 aromatic rings. The fraction of sp³-hybridized carbons (Fsp3) is 0.455. The van der Waals surface area contributed by atoms with Gasteiger partial charge in [0.2, 0.25) is 0 Å². The molecule has 0 N–H and O–H groups in total. The van der Waals surface area contributed by atoms with Crippen molar-refractivity contribution in [3.05, 3.63) is 35.9 Å². The number of benzene rings is 2. The number of hydrogen-bond donors (Lipinski definition) is 0. The molecular weight excluding hydrogens is 819 g/mol. The number of anilines is 2. The summed E-state index contributed by atoms with van der Waals surface area (Å²) in [4.78, 5) is 49.5. The molecular formula is C44H56N12NiO4. The van der Waals surface area contributed by atoms with Crippen LogP contribution in [-0.2, 0) is 16.5 Å². The minimum Gasteiger partial charge on any atom is -0.490 e. The Bertz CT molecular complexity index is 2660. The van der Waals surface area contributed by atoms with Crippen LogP contribution < -0.4 is 38.7 Å². The molecule has 0 fully saturated rings. The number of hydrogen-bond acceptors (Lipinski definition) is 14. The summed E-state index contributed by atoms with van der Waals surface area (Å²) in [5, 5.41) is 1.24. The van der Waals surface area contributed by atoms with E-state index in [0.717, 1.165) is 22.8 Å². The Balaban J connectivity index is 0.00000622. The van der Waals surface area contributed by atoms with Gasteiger partial charge in [0.25, 0.3) is 0 Å². The molecule has 326 valence electrons. The fourth-order valence-electron chi connectivity index (χ4n) is 7.37. The fourth-order valence-corrected chi connectivity index (χ4v) is 7.37. The first-order chi connectivity index (χ1) is 28.3. The van der Waals surface area contributed by atoms with E-state index in [9.17, 15) is 0 Å². The Hall–Kier alpha value is -5.83. The second-order valence-corrected chi connectivity index (χ2v) is 16.7. The molecule has 3 aromatic heterocycles. The van der Waals surface area contributed by atoms with Gasteiger partial charge < -0.3 is 68.5 Å². The van der Waals surface area contributed by atoms with Crippen molar-refractivity contribution >= 4 is 56.1 Å². The summed E-state index contributed by atoms with van der Waals surface area (Å²) in [5.41, 5.74) is 5.74. The number of fused-ring (bicyclic) bond motifs is 14. The summed E-state index contributed by atoms with van der Waals surface area (Å²) in [7, 11) is 15.7. The van der Waals surface area contributed by atoms with Crippen LogP contribution >= 0.6 is 0 Å². The molecule has 0 unspecified atom stereocenters. The topological polar surface area (TPSA) is 155 Å². The molecule has 0 aliphatic carbocycles. The maximum atomic E-state index is 6.48. The molecule has 61 heavy (non-hydrogen) atoms. The normalized spacial score (nSPS) is 12.3. The van der Waals surface area contributed by atoms with Crippen LogP contribution in [0.15, 0.2) is 24.3 Å². The quantitative estimate of drug-likeness (QED) is 0.117. The summed E-state index contributed by atoms with van der Waals surface area (Å²) in [5.74, 6) is 3.79. The predicted molar refractivity (Wildman–Crippen MR) is 238 cm³/mol. The summed E-state index contributed by atoms with van der Waals surface area (Å²) < 4.78 is 25.9. The van der Waals surface area contributed by atoms with E-state index < -0.39 is 0 Å². The van der Waals surface area contributed by atoms with E-state index in [4.69, 9.17) is 58.8 Å². The zero-order chi connectivity index (χ0) is 43.5. The van der Waals surface area contributed by atoms with Gasteiger partial charge in [0.1, 0.15) is 34.6 Å². The van der Waals surface area contributed by atoms with Gasteiger partial charge in [-0.05, 0) is 79.7 Å². The van der Waals surface area contributed by atoms with Crippen LogP contribution in [0.5, 0.6) is 23.0 Å². The molecule has 2 aliphatic heterocycles. The van der Waals surface area contributed by atoms with Gasteiger partial charge >= 0.3 is 16.5 Å². The average Bonchev–Trinajstić information content (AvgIpc) is 3.88. The first-order valence-electron chi connectivity index (χ1n) is 20.2. The molecule has 7 rings (SSSR count). The number of rotatable bonds is 12. The van der Waals surface area contributed by atoms with Crippen LogP contribution in [0, 0.1) is 0 Å². The largest absolute Gasteiger partial charge is 2.00 e. The van der Waals surface area contributed by atoms with Crippen LogP contribution in [0.25, 0.3) is 67.5 Å². The summed E-state index contributed by atoms with van der Waals surface area (Å²) in [6.07, 6.45) is -0.642. The van der Waals surface area contributed by atoms with E-state index in [0.29, 0.717) is 90.8 Å². The molecule has 0 saturated heterocycles. The molecule has 0 spiro atoms. The maximum Gasteiger partial charge on any atom is 2.00 e. The van der Waals surface area contributed by atoms with Crippen LogP contribution in [0.2, 0.25) is 0 Å². The van der Waals surface area contributed by atoms with Crippen molar-refractivity contribution in [3.63, 3.8) is 0 Å². The van der Waals surface area contributed by atoms with Gasteiger partial charge in [0, 0.05) is 89.7 Å². The van der Waals surface area contributed by atoms with Gasteiger partial charge in [0.05, 0.1) is 70.0 Å². The summed E-state index contributed by atoms with van der Waals surface area (Å²) >= 11 is 0. The van der Waals surface area contributed by atoms with Gasteiger partial charge in [-0.1, -0.05) is 0 Å². The molecule has 0 saturated carbocycles. The molecule has 5 heterocycles. The second kappa shape index (κ2) is 17.3. The standard InChI is InChI=1S/C44H56N12O4.Ni/c1-21(2)57-25-17-19-27(59-23(5)6)31-29(25)37-45-38-30-26(58-22(3)4)18-20-28(60-24(7)8)32(30)40(47-38)49-42-34(54(11)12)36(56(15)16)44(51-42)52-43-35(55(13)14)33(53(9)10)41(50-43)48-39(31)46-37;/h17-24H,1-16H3;/q-2;+2. The van der Waals surface area contributed by atoms with E-state index in [1.165, 1.54) is 0 Å². The van der Waals surface area contributed by atoms with Crippen molar-refractivity contribution in [1.29, 1.82) is 0 Å². The molecule has 2 aliphatic rings. The van der Waals surface area contributed by atoms with E-state index in [2.05, 4.69) is 0 Å². The molecule has 17 heteroatoms.